The first-order valence-corrected chi connectivity index (χ1v) is 15.0. The summed E-state index contributed by atoms with van der Waals surface area (Å²) in [6.07, 6.45) is 0. The van der Waals surface area contributed by atoms with Crippen molar-refractivity contribution in [3.05, 3.63) is 158 Å². The third kappa shape index (κ3) is 4.14. The van der Waals surface area contributed by atoms with Gasteiger partial charge in [-0.25, -0.2) is 4.98 Å². The fourth-order valence-corrected chi connectivity index (χ4v) is 7.05. The molecule has 0 spiro atoms. The maximum absolute atomic E-state index is 5.34. The highest BCUT2D eigenvalue weighted by atomic mass is 32.1. The van der Waals surface area contributed by atoms with Gasteiger partial charge in [-0.05, 0) is 52.2 Å². The van der Waals surface area contributed by atoms with Crippen molar-refractivity contribution in [2.75, 3.05) is 4.90 Å². The van der Waals surface area contributed by atoms with E-state index in [2.05, 4.69) is 163 Å². The highest BCUT2D eigenvalue weighted by Crippen LogP contribution is 2.46. The minimum Gasteiger partial charge on any atom is -0.310 e. The first-order chi connectivity index (χ1) is 20.8. The number of fused-ring (bicyclic) bond motifs is 6. The van der Waals surface area contributed by atoms with Gasteiger partial charge in [0.05, 0.1) is 15.9 Å². The zero-order valence-corrected chi connectivity index (χ0v) is 23.6. The van der Waals surface area contributed by atoms with E-state index in [4.69, 9.17) is 4.98 Å². The van der Waals surface area contributed by atoms with Crippen LogP contribution in [-0.4, -0.2) is 4.98 Å². The molecule has 42 heavy (non-hydrogen) atoms. The minimum atomic E-state index is 1.04. The van der Waals surface area contributed by atoms with E-state index in [0.29, 0.717) is 0 Å². The zero-order chi connectivity index (χ0) is 27.9. The van der Waals surface area contributed by atoms with Crippen LogP contribution in [-0.2, 0) is 0 Å². The molecular formula is C39H26N2S. The Balaban J connectivity index is 1.42. The molecule has 0 aliphatic heterocycles. The van der Waals surface area contributed by atoms with Crippen molar-refractivity contribution in [3.63, 3.8) is 0 Å². The maximum atomic E-state index is 5.34. The normalized spacial score (nSPS) is 11.3. The van der Waals surface area contributed by atoms with E-state index in [1.165, 1.54) is 37.4 Å². The number of hydrogen-bond donors (Lipinski definition) is 0. The summed E-state index contributed by atoms with van der Waals surface area (Å²) in [5.74, 6) is 0. The Hall–Kier alpha value is -5.25. The van der Waals surface area contributed by atoms with Crippen molar-refractivity contribution >= 4 is 60.2 Å². The molecule has 0 fully saturated rings. The highest BCUT2D eigenvalue weighted by Gasteiger charge is 2.21. The second-order valence-electron chi connectivity index (χ2n) is 10.4. The summed E-state index contributed by atoms with van der Waals surface area (Å²) in [4.78, 5) is 7.71. The molecule has 0 saturated carbocycles. The molecule has 0 bridgehead atoms. The van der Waals surface area contributed by atoms with Crippen molar-refractivity contribution in [1.29, 1.82) is 0 Å². The lowest BCUT2D eigenvalue weighted by molar-refractivity contribution is 1.30. The summed E-state index contributed by atoms with van der Waals surface area (Å²) in [7, 11) is 0. The SMILES string of the molecule is c1ccc(-c2ccc(N(c3ccccc3)c3cccc4c5ccccc5c5sc(-c6ccccc6)nc5c34)cc2)cc1. The molecule has 0 amide bonds. The smallest absolute Gasteiger partial charge is 0.124 e. The Labute approximate surface area is 248 Å². The van der Waals surface area contributed by atoms with Gasteiger partial charge in [0, 0.05) is 27.7 Å². The standard InChI is InChI=1S/C39H26N2S/c1-4-13-27(14-5-1)28-23-25-31(26-24-28)41(30-17-8-3-9-18-30)35-22-12-21-33-32-19-10-11-20-34(32)38-37(36(33)35)40-39(42-38)29-15-6-2-7-16-29/h1-26H. The van der Waals surface area contributed by atoms with Crippen LogP contribution in [0.2, 0.25) is 0 Å². The quantitative estimate of drug-likeness (QED) is 0.197. The Bertz CT molecular complexity index is 2170. The molecule has 3 heteroatoms. The van der Waals surface area contributed by atoms with Gasteiger partial charge in [-0.2, -0.15) is 0 Å². The number of nitrogens with zero attached hydrogens (tertiary/aromatic N) is 2. The monoisotopic (exact) mass is 554 g/mol. The second-order valence-corrected chi connectivity index (χ2v) is 11.4. The van der Waals surface area contributed by atoms with E-state index in [1.54, 1.807) is 11.3 Å². The van der Waals surface area contributed by atoms with Crippen LogP contribution in [0.4, 0.5) is 17.1 Å². The van der Waals surface area contributed by atoms with Gasteiger partial charge in [-0.1, -0.05) is 127 Å². The fraction of sp³-hybridized carbons (Fsp3) is 0. The average Bonchev–Trinajstić information content (AvgIpc) is 3.53. The largest absolute Gasteiger partial charge is 0.310 e. The Morgan fingerprint density at radius 1 is 0.429 bits per heavy atom. The molecule has 0 aliphatic carbocycles. The van der Waals surface area contributed by atoms with Crippen molar-refractivity contribution in [2.24, 2.45) is 0 Å². The van der Waals surface area contributed by atoms with E-state index in [9.17, 15) is 0 Å². The van der Waals surface area contributed by atoms with Crippen LogP contribution in [0.5, 0.6) is 0 Å². The molecule has 1 aromatic heterocycles. The summed E-state index contributed by atoms with van der Waals surface area (Å²) < 4.78 is 1.22. The third-order valence-electron chi connectivity index (χ3n) is 7.88. The molecule has 0 saturated heterocycles. The van der Waals surface area contributed by atoms with Gasteiger partial charge in [0.2, 0.25) is 0 Å². The number of rotatable bonds is 5. The van der Waals surface area contributed by atoms with Gasteiger partial charge >= 0.3 is 0 Å². The number of aromatic nitrogens is 1. The van der Waals surface area contributed by atoms with Crippen LogP contribution in [0.15, 0.2) is 158 Å². The van der Waals surface area contributed by atoms with Crippen molar-refractivity contribution in [3.8, 4) is 21.7 Å². The topological polar surface area (TPSA) is 16.1 Å². The summed E-state index contributed by atoms with van der Waals surface area (Å²) in [5.41, 5.74) is 7.93. The van der Waals surface area contributed by atoms with Crippen LogP contribution in [0.25, 0.3) is 53.5 Å². The molecule has 0 radical (unpaired) electrons. The fourth-order valence-electron chi connectivity index (χ4n) is 5.93. The van der Waals surface area contributed by atoms with E-state index in [0.717, 1.165) is 33.1 Å². The summed E-state index contributed by atoms with van der Waals surface area (Å²) in [6, 6.07) is 56.0. The van der Waals surface area contributed by atoms with Gasteiger partial charge in [-0.3, -0.25) is 0 Å². The van der Waals surface area contributed by atoms with Gasteiger partial charge in [0.1, 0.15) is 5.01 Å². The Morgan fingerprint density at radius 2 is 0.976 bits per heavy atom. The molecule has 8 rings (SSSR count). The number of benzene rings is 7. The van der Waals surface area contributed by atoms with Crippen LogP contribution < -0.4 is 4.90 Å². The third-order valence-corrected chi connectivity index (χ3v) is 9.01. The first kappa shape index (κ1) is 24.5. The molecule has 0 unspecified atom stereocenters. The number of para-hydroxylation sites is 1. The predicted octanol–water partition coefficient (Wildman–Crippen LogP) is 11.4. The molecular weight excluding hydrogens is 529 g/mol. The van der Waals surface area contributed by atoms with E-state index in [1.807, 2.05) is 0 Å². The molecule has 1 heterocycles. The lowest BCUT2D eigenvalue weighted by Gasteiger charge is -2.27. The maximum Gasteiger partial charge on any atom is 0.124 e. The molecule has 0 aliphatic rings. The molecule has 2 nitrogen and oxygen atoms in total. The van der Waals surface area contributed by atoms with Gasteiger partial charge in [-0.15, -0.1) is 11.3 Å². The van der Waals surface area contributed by atoms with Crippen molar-refractivity contribution < 1.29 is 0 Å². The van der Waals surface area contributed by atoms with Crippen LogP contribution >= 0.6 is 11.3 Å². The predicted molar refractivity (Wildman–Crippen MR) is 180 cm³/mol. The molecule has 8 aromatic rings. The highest BCUT2D eigenvalue weighted by molar-refractivity contribution is 7.22. The Morgan fingerprint density at radius 3 is 1.69 bits per heavy atom. The van der Waals surface area contributed by atoms with Crippen LogP contribution in [0, 0.1) is 0 Å². The van der Waals surface area contributed by atoms with Crippen LogP contribution in [0.3, 0.4) is 0 Å². The summed E-state index contributed by atoms with van der Waals surface area (Å²) in [5, 5.41) is 5.91. The van der Waals surface area contributed by atoms with Crippen LogP contribution in [0.1, 0.15) is 0 Å². The number of anilines is 3. The summed E-state index contributed by atoms with van der Waals surface area (Å²) in [6.45, 7) is 0. The first-order valence-electron chi connectivity index (χ1n) is 14.2. The van der Waals surface area contributed by atoms with E-state index in [-0.39, 0.29) is 0 Å². The van der Waals surface area contributed by atoms with E-state index >= 15 is 0 Å². The number of hydrogen-bond acceptors (Lipinski definition) is 3. The Kier molecular flexibility index (Phi) is 6.02. The van der Waals surface area contributed by atoms with Gasteiger partial charge in [0.25, 0.3) is 0 Å². The number of thiazole rings is 1. The molecule has 198 valence electrons. The average molecular weight is 555 g/mol. The lowest BCUT2D eigenvalue weighted by Crippen LogP contribution is -2.10. The minimum absolute atomic E-state index is 1.04. The van der Waals surface area contributed by atoms with Crippen molar-refractivity contribution in [1.82, 2.24) is 4.98 Å². The molecule has 0 atom stereocenters. The molecule has 7 aromatic carbocycles. The molecule has 0 N–H and O–H groups in total. The summed E-state index contributed by atoms with van der Waals surface area (Å²) >= 11 is 1.78. The second kappa shape index (κ2) is 10.3. The zero-order valence-electron chi connectivity index (χ0n) is 22.8. The lowest BCUT2D eigenvalue weighted by atomic mass is 9.98. The van der Waals surface area contributed by atoms with E-state index < -0.39 is 0 Å². The van der Waals surface area contributed by atoms with Gasteiger partial charge < -0.3 is 4.90 Å². The van der Waals surface area contributed by atoms with Crippen molar-refractivity contribution in [2.45, 2.75) is 0 Å². The van der Waals surface area contributed by atoms with Gasteiger partial charge in [0.15, 0.2) is 0 Å².